The largest absolute Gasteiger partial charge is 0.325 e. The molecule has 0 aliphatic heterocycles. The van der Waals surface area contributed by atoms with E-state index in [-0.39, 0.29) is 12.1 Å². The van der Waals surface area contributed by atoms with Gasteiger partial charge in [0.25, 0.3) is 0 Å². The lowest BCUT2D eigenvalue weighted by atomic mass is 10.1. The molecule has 2 rings (SSSR count). The van der Waals surface area contributed by atoms with Crippen LogP contribution in [-0.2, 0) is 13.6 Å². The maximum atomic E-state index is 13.6. The van der Waals surface area contributed by atoms with Crippen LogP contribution < -0.4 is 5.73 Å². The summed E-state index contributed by atoms with van der Waals surface area (Å²) in [5, 5.41) is 4.14. The van der Waals surface area contributed by atoms with Gasteiger partial charge in [-0.3, -0.25) is 4.68 Å². The van der Waals surface area contributed by atoms with E-state index in [2.05, 4.69) is 21.0 Å². The molecule has 0 bridgehead atoms. The van der Waals surface area contributed by atoms with Crippen molar-refractivity contribution < 1.29 is 8.78 Å². The lowest BCUT2D eigenvalue weighted by Gasteiger charge is -2.00. The first-order valence-electron chi connectivity index (χ1n) is 4.91. The minimum atomic E-state index is -0.520. The molecule has 1 aromatic heterocycles. The predicted molar refractivity (Wildman–Crippen MR) is 64.2 cm³/mol. The third-order valence-electron chi connectivity index (χ3n) is 2.48. The lowest BCUT2D eigenvalue weighted by Crippen LogP contribution is -2.04. The summed E-state index contributed by atoms with van der Waals surface area (Å²) in [6.45, 7) is 0.265. The number of benzene rings is 1. The van der Waals surface area contributed by atoms with E-state index in [0.717, 1.165) is 23.9 Å². The fraction of sp³-hybridized carbons (Fsp3) is 0.182. The number of aromatic nitrogens is 2. The van der Waals surface area contributed by atoms with Gasteiger partial charge < -0.3 is 5.73 Å². The molecule has 1 heterocycles. The topological polar surface area (TPSA) is 43.8 Å². The second kappa shape index (κ2) is 4.54. The number of hydrogen-bond acceptors (Lipinski definition) is 2. The molecule has 6 heteroatoms. The van der Waals surface area contributed by atoms with Crippen LogP contribution in [0.3, 0.4) is 0 Å². The molecular formula is C11H10BrF2N3. The Hall–Kier alpha value is -1.27. The van der Waals surface area contributed by atoms with Crippen LogP contribution in [0.5, 0.6) is 0 Å². The molecule has 0 unspecified atom stereocenters. The first kappa shape index (κ1) is 12.2. The molecule has 2 N–H and O–H groups in total. The summed E-state index contributed by atoms with van der Waals surface area (Å²) in [6.07, 6.45) is 0. The summed E-state index contributed by atoms with van der Waals surface area (Å²) in [7, 11) is 1.70. The third kappa shape index (κ3) is 2.10. The number of nitrogens with two attached hydrogens (primary N) is 1. The standard InChI is InChI=1S/C11H10BrF2N3/c1-17-9(5-15)10(12)11(16-17)7-4-6(13)2-3-8(7)14/h2-4H,5,15H2,1H3. The molecule has 0 saturated heterocycles. The molecule has 0 saturated carbocycles. The fourth-order valence-electron chi connectivity index (χ4n) is 1.61. The zero-order chi connectivity index (χ0) is 12.6. The van der Waals surface area contributed by atoms with Gasteiger partial charge in [-0.25, -0.2) is 8.78 Å². The Labute approximate surface area is 105 Å². The normalized spacial score (nSPS) is 10.9. The van der Waals surface area contributed by atoms with E-state index in [1.807, 2.05) is 0 Å². The van der Waals surface area contributed by atoms with Crippen LogP contribution in [0.2, 0.25) is 0 Å². The molecular weight excluding hydrogens is 292 g/mol. The number of rotatable bonds is 2. The molecule has 0 atom stereocenters. The average Bonchev–Trinajstić information content (AvgIpc) is 2.57. The first-order valence-corrected chi connectivity index (χ1v) is 5.70. The number of hydrogen-bond donors (Lipinski definition) is 1. The van der Waals surface area contributed by atoms with Crippen LogP contribution in [0.15, 0.2) is 22.7 Å². The molecule has 0 aliphatic rings. The van der Waals surface area contributed by atoms with Crippen molar-refractivity contribution in [3.63, 3.8) is 0 Å². The van der Waals surface area contributed by atoms with Crippen LogP contribution in [0, 0.1) is 11.6 Å². The van der Waals surface area contributed by atoms with Gasteiger partial charge in [-0.2, -0.15) is 5.10 Å². The Morgan fingerprint density at radius 2 is 2.12 bits per heavy atom. The van der Waals surface area contributed by atoms with E-state index in [1.165, 1.54) is 0 Å². The minimum Gasteiger partial charge on any atom is -0.325 e. The Morgan fingerprint density at radius 3 is 2.71 bits per heavy atom. The molecule has 0 spiro atoms. The second-order valence-corrected chi connectivity index (χ2v) is 4.35. The molecule has 90 valence electrons. The van der Waals surface area contributed by atoms with Gasteiger partial charge >= 0.3 is 0 Å². The van der Waals surface area contributed by atoms with Crippen LogP contribution in [0.4, 0.5) is 8.78 Å². The van der Waals surface area contributed by atoms with Crippen LogP contribution >= 0.6 is 15.9 Å². The molecule has 3 nitrogen and oxygen atoms in total. The molecule has 2 aromatic rings. The SMILES string of the molecule is Cn1nc(-c2cc(F)ccc2F)c(Br)c1CN. The van der Waals surface area contributed by atoms with Gasteiger partial charge in [0.1, 0.15) is 17.3 Å². The molecule has 0 radical (unpaired) electrons. The van der Waals surface area contributed by atoms with Gasteiger partial charge in [-0.1, -0.05) is 0 Å². The van der Waals surface area contributed by atoms with Crippen molar-refractivity contribution in [2.75, 3.05) is 0 Å². The lowest BCUT2D eigenvalue weighted by molar-refractivity contribution is 0.602. The van der Waals surface area contributed by atoms with E-state index in [0.29, 0.717) is 10.2 Å². The van der Waals surface area contributed by atoms with Crippen molar-refractivity contribution in [1.29, 1.82) is 0 Å². The summed E-state index contributed by atoms with van der Waals surface area (Å²) in [5.41, 5.74) is 6.75. The highest BCUT2D eigenvalue weighted by atomic mass is 79.9. The van der Waals surface area contributed by atoms with Crippen LogP contribution in [-0.4, -0.2) is 9.78 Å². The van der Waals surface area contributed by atoms with E-state index in [4.69, 9.17) is 5.73 Å². The van der Waals surface area contributed by atoms with E-state index >= 15 is 0 Å². The summed E-state index contributed by atoms with van der Waals surface area (Å²) in [6, 6.07) is 3.26. The fourth-order valence-corrected chi connectivity index (χ4v) is 2.32. The molecule has 1 aromatic carbocycles. The van der Waals surface area contributed by atoms with Gasteiger partial charge in [0.2, 0.25) is 0 Å². The summed E-state index contributed by atoms with van der Waals surface area (Å²) < 4.78 is 28.9. The maximum Gasteiger partial charge on any atom is 0.132 e. The third-order valence-corrected chi connectivity index (χ3v) is 3.31. The Balaban J connectivity index is 2.64. The van der Waals surface area contributed by atoms with Crippen molar-refractivity contribution in [2.24, 2.45) is 12.8 Å². The Kier molecular flexibility index (Phi) is 3.26. The second-order valence-electron chi connectivity index (χ2n) is 3.56. The van der Waals surface area contributed by atoms with Gasteiger partial charge in [-0.05, 0) is 34.1 Å². The zero-order valence-electron chi connectivity index (χ0n) is 9.04. The summed E-state index contributed by atoms with van der Waals surface area (Å²) >= 11 is 3.31. The zero-order valence-corrected chi connectivity index (χ0v) is 10.6. The molecule has 0 fully saturated rings. The van der Waals surface area contributed by atoms with E-state index < -0.39 is 11.6 Å². The van der Waals surface area contributed by atoms with Gasteiger partial charge in [0.05, 0.1) is 10.2 Å². The van der Waals surface area contributed by atoms with Gasteiger partial charge in [0, 0.05) is 19.2 Å². The maximum absolute atomic E-state index is 13.6. The van der Waals surface area contributed by atoms with Crippen molar-refractivity contribution in [3.8, 4) is 11.3 Å². The Bertz CT molecular complexity index is 566. The number of nitrogens with zero attached hydrogens (tertiary/aromatic N) is 2. The van der Waals surface area contributed by atoms with Crippen molar-refractivity contribution in [2.45, 2.75) is 6.54 Å². The quantitative estimate of drug-likeness (QED) is 0.926. The van der Waals surface area contributed by atoms with Crippen molar-refractivity contribution in [3.05, 3.63) is 40.0 Å². The van der Waals surface area contributed by atoms with E-state index in [1.54, 1.807) is 11.7 Å². The van der Waals surface area contributed by atoms with Crippen molar-refractivity contribution in [1.82, 2.24) is 9.78 Å². The monoisotopic (exact) mass is 301 g/mol. The highest BCUT2D eigenvalue weighted by Gasteiger charge is 2.17. The highest BCUT2D eigenvalue weighted by molar-refractivity contribution is 9.10. The first-order chi connectivity index (χ1) is 8.04. The van der Waals surface area contributed by atoms with E-state index in [9.17, 15) is 8.78 Å². The van der Waals surface area contributed by atoms with Crippen molar-refractivity contribution >= 4 is 15.9 Å². The predicted octanol–water partition coefficient (Wildman–Crippen LogP) is 2.59. The minimum absolute atomic E-state index is 0.118. The molecule has 17 heavy (non-hydrogen) atoms. The summed E-state index contributed by atoms with van der Waals surface area (Å²) in [4.78, 5) is 0. The average molecular weight is 302 g/mol. The summed E-state index contributed by atoms with van der Waals surface area (Å²) in [5.74, 6) is -1.03. The molecule has 0 amide bonds. The number of halogens is 3. The van der Waals surface area contributed by atoms with Crippen LogP contribution in [0.1, 0.15) is 5.69 Å². The number of aryl methyl sites for hydroxylation is 1. The smallest absolute Gasteiger partial charge is 0.132 e. The highest BCUT2D eigenvalue weighted by Crippen LogP contribution is 2.31. The van der Waals surface area contributed by atoms with Gasteiger partial charge in [0.15, 0.2) is 0 Å². The van der Waals surface area contributed by atoms with Crippen LogP contribution in [0.25, 0.3) is 11.3 Å². The van der Waals surface area contributed by atoms with Gasteiger partial charge in [-0.15, -0.1) is 0 Å². The Morgan fingerprint density at radius 1 is 1.41 bits per heavy atom. The molecule has 0 aliphatic carbocycles.